The molecule has 0 atom stereocenters. The zero-order valence-electron chi connectivity index (χ0n) is 10.6. The SMILES string of the molecule is Cc1c(Cl)nc2ncnn2c1NCc1ccc(Br)cc1. The molecule has 20 heavy (non-hydrogen) atoms. The third-order valence-corrected chi connectivity index (χ3v) is 3.87. The first-order valence-corrected chi connectivity index (χ1v) is 7.16. The molecule has 0 fully saturated rings. The Balaban J connectivity index is 1.92. The van der Waals surface area contributed by atoms with E-state index in [1.165, 1.54) is 6.33 Å². The molecular weight excluding hydrogens is 342 g/mol. The number of nitrogens with zero attached hydrogens (tertiary/aromatic N) is 4. The smallest absolute Gasteiger partial charge is 0.255 e. The Labute approximate surface area is 129 Å². The van der Waals surface area contributed by atoms with Crippen molar-refractivity contribution >= 4 is 39.1 Å². The Hall–Kier alpha value is -1.66. The minimum absolute atomic E-state index is 0.434. The number of hydrogen-bond acceptors (Lipinski definition) is 4. The number of fused-ring (bicyclic) bond motifs is 1. The molecule has 3 rings (SSSR count). The lowest BCUT2D eigenvalue weighted by Crippen LogP contribution is -2.08. The van der Waals surface area contributed by atoms with Crippen LogP contribution in [0.5, 0.6) is 0 Å². The van der Waals surface area contributed by atoms with Gasteiger partial charge in [0.05, 0.1) is 0 Å². The van der Waals surface area contributed by atoms with Crippen molar-refractivity contribution in [2.24, 2.45) is 0 Å². The fourth-order valence-electron chi connectivity index (χ4n) is 1.89. The first kappa shape index (κ1) is 13.3. The first-order chi connectivity index (χ1) is 9.65. The van der Waals surface area contributed by atoms with Gasteiger partial charge in [-0.2, -0.15) is 19.6 Å². The molecule has 0 spiro atoms. The van der Waals surface area contributed by atoms with E-state index in [-0.39, 0.29) is 0 Å². The summed E-state index contributed by atoms with van der Waals surface area (Å²) >= 11 is 9.54. The lowest BCUT2D eigenvalue weighted by Gasteiger charge is -2.11. The summed E-state index contributed by atoms with van der Waals surface area (Å²) in [5.74, 6) is 1.29. The van der Waals surface area contributed by atoms with E-state index in [9.17, 15) is 0 Å². The average molecular weight is 353 g/mol. The molecule has 1 N–H and O–H groups in total. The van der Waals surface area contributed by atoms with Crippen LogP contribution in [0, 0.1) is 6.92 Å². The summed E-state index contributed by atoms with van der Waals surface area (Å²) in [4.78, 5) is 8.23. The highest BCUT2D eigenvalue weighted by Gasteiger charge is 2.11. The maximum atomic E-state index is 6.11. The van der Waals surface area contributed by atoms with Gasteiger partial charge in [0.15, 0.2) is 0 Å². The molecule has 5 nitrogen and oxygen atoms in total. The van der Waals surface area contributed by atoms with Gasteiger partial charge in [0, 0.05) is 16.6 Å². The monoisotopic (exact) mass is 351 g/mol. The van der Waals surface area contributed by atoms with E-state index < -0.39 is 0 Å². The first-order valence-electron chi connectivity index (χ1n) is 5.99. The number of hydrogen-bond donors (Lipinski definition) is 1. The molecule has 0 radical (unpaired) electrons. The van der Waals surface area contributed by atoms with Crippen LogP contribution in [-0.2, 0) is 6.54 Å². The molecule has 2 heterocycles. The predicted molar refractivity (Wildman–Crippen MR) is 82.0 cm³/mol. The maximum Gasteiger partial charge on any atom is 0.255 e. The van der Waals surface area contributed by atoms with Crippen LogP contribution in [0.1, 0.15) is 11.1 Å². The summed E-state index contributed by atoms with van der Waals surface area (Å²) in [6.45, 7) is 2.57. The molecule has 0 saturated carbocycles. The van der Waals surface area contributed by atoms with Gasteiger partial charge in [-0.05, 0) is 24.6 Å². The Morgan fingerprint density at radius 1 is 1.30 bits per heavy atom. The normalized spacial score (nSPS) is 10.9. The highest BCUT2D eigenvalue weighted by molar-refractivity contribution is 9.10. The molecule has 2 aromatic heterocycles. The van der Waals surface area contributed by atoms with Crippen molar-refractivity contribution in [3.05, 3.63) is 51.3 Å². The van der Waals surface area contributed by atoms with Crippen molar-refractivity contribution in [3.8, 4) is 0 Å². The van der Waals surface area contributed by atoms with E-state index in [0.29, 0.717) is 17.5 Å². The summed E-state index contributed by atoms with van der Waals surface area (Å²) in [5, 5.41) is 7.93. The average Bonchev–Trinajstić information content (AvgIpc) is 2.89. The van der Waals surface area contributed by atoms with Gasteiger partial charge >= 0.3 is 0 Å². The van der Waals surface area contributed by atoms with E-state index in [1.807, 2.05) is 31.2 Å². The zero-order chi connectivity index (χ0) is 14.1. The van der Waals surface area contributed by atoms with Crippen LogP contribution in [0.2, 0.25) is 5.15 Å². The third-order valence-electron chi connectivity index (χ3n) is 2.98. The molecule has 3 aromatic rings. The van der Waals surface area contributed by atoms with Crippen LogP contribution in [0.4, 0.5) is 5.82 Å². The number of anilines is 1. The van der Waals surface area contributed by atoms with Crippen LogP contribution in [0.25, 0.3) is 5.78 Å². The highest BCUT2D eigenvalue weighted by Crippen LogP contribution is 2.22. The van der Waals surface area contributed by atoms with E-state index in [4.69, 9.17) is 11.6 Å². The minimum atomic E-state index is 0.434. The summed E-state index contributed by atoms with van der Waals surface area (Å²) in [5.41, 5.74) is 2.01. The summed E-state index contributed by atoms with van der Waals surface area (Å²) in [7, 11) is 0. The van der Waals surface area contributed by atoms with Gasteiger partial charge < -0.3 is 5.32 Å². The van der Waals surface area contributed by atoms with E-state index in [0.717, 1.165) is 21.4 Å². The zero-order valence-corrected chi connectivity index (χ0v) is 13.0. The molecule has 0 aliphatic rings. The van der Waals surface area contributed by atoms with Gasteiger partial charge in [0.2, 0.25) is 0 Å². The molecule has 0 amide bonds. The lowest BCUT2D eigenvalue weighted by atomic mass is 10.2. The van der Waals surface area contributed by atoms with Crippen molar-refractivity contribution in [3.63, 3.8) is 0 Å². The van der Waals surface area contributed by atoms with Gasteiger partial charge in [-0.25, -0.2) is 0 Å². The van der Waals surface area contributed by atoms with Crippen LogP contribution < -0.4 is 5.32 Å². The summed E-state index contributed by atoms with van der Waals surface area (Å²) in [6.07, 6.45) is 1.46. The van der Waals surface area contributed by atoms with E-state index in [1.54, 1.807) is 4.52 Å². The van der Waals surface area contributed by atoms with Crippen LogP contribution >= 0.6 is 27.5 Å². The maximum absolute atomic E-state index is 6.11. The Morgan fingerprint density at radius 3 is 2.80 bits per heavy atom. The number of halogens is 2. The molecule has 7 heteroatoms. The Morgan fingerprint density at radius 2 is 2.05 bits per heavy atom. The number of nitrogens with one attached hydrogen (secondary N) is 1. The fraction of sp³-hybridized carbons (Fsp3) is 0.154. The Bertz CT molecular complexity index is 753. The summed E-state index contributed by atoms with van der Waals surface area (Å²) in [6, 6.07) is 8.12. The molecular formula is C13H11BrClN5. The van der Waals surface area contributed by atoms with E-state index >= 15 is 0 Å². The highest BCUT2D eigenvalue weighted by atomic mass is 79.9. The number of benzene rings is 1. The van der Waals surface area contributed by atoms with Crippen molar-refractivity contribution in [1.29, 1.82) is 0 Å². The largest absolute Gasteiger partial charge is 0.366 e. The van der Waals surface area contributed by atoms with Crippen molar-refractivity contribution in [2.75, 3.05) is 5.32 Å². The second-order valence-corrected chi connectivity index (χ2v) is 5.60. The number of aromatic nitrogens is 4. The Kier molecular flexibility index (Phi) is 3.58. The lowest BCUT2D eigenvalue weighted by molar-refractivity contribution is 0.914. The predicted octanol–water partition coefficient (Wildman–Crippen LogP) is 3.46. The van der Waals surface area contributed by atoms with E-state index in [2.05, 4.69) is 36.3 Å². The van der Waals surface area contributed by atoms with Crippen LogP contribution in [0.15, 0.2) is 35.1 Å². The molecule has 1 aromatic carbocycles. The molecule has 102 valence electrons. The van der Waals surface area contributed by atoms with Gasteiger partial charge in [0.25, 0.3) is 5.78 Å². The second-order valence-electron chi connectivity index (χ2n) is 4.33. The number of rotatable bonds is 3. The quantitative estimate of drug-likeness (QED) is 0.733. The minimum Gasteiger partial charge on any atom is -0.366 e. The van der Waals surface area contributed by atoms with Gasteiger partial charge in [-0.15, -0.1) is 0 Å². The topological polar surface area (TPSA) is 55.1 Å². The molecule has 0 unspecified atom stereocenters. The van der Waals surface area contributed by atoms with Crippen LogP contribution in [0.3, 0.4) is 0 Å². The van der Waals surface area contributed by atoms with Gasteiger partial charge in [-0.3, -0.25) is 0 Å². The molecule has 0 aliphatic carbocycles. The molecule has 0 aliphatic heterocycles. The fourth-order valence-corrected chi connectivity index (χ4v) is 2.32. The van der Waals surface area contributed by atoms with Crippen molar-refractivity contribution < 1.29 is 0 Å². The summed E-state index contributed by atoms with van der Waals surface area (Å²) < 4.78 is 2.71. The second kappa shape index (κ2) is 5.38. The molecule has 0 saturated heterocycles. The molecule has 0 bridgehead atoms. The van der Waals surface area contributed by atoms with Crippen molar-refractivity contribution in [2.45, 2.75) is 13.5 Å². The van der Waals surface area contributed by atoms with Gasteiger partial charge in [0.1, 0.15) is 17.3 Å². The van der Waals surface area contributed by atoms with Crippen molar-refractivity contribution in [1.82, 2.24) is 19.6 Å². The van der Waals surface area contributed by atoms with Gasteiger partial charge in [-0.1, -0.05) is 39.7 Å². The third kappa shape index (κ3) is 2.48. The van der Waals surface area contributed by atoms with Crippen LogP contribution in [-0.4, -0.2) is 19.6 Å². The standard InChI is InChI=1S/C13H11BrClN5/c1-8-11(15)19-13-17-7-18-20(13)12(8)16-6-9-2-4-10(14)5-3-9/h2-5,7,16H,6H2,1H3.